The van der Waals surface area contributed by atoms with Gasteiger partial charge < -0.3 is 9.64 Å². The highest BCUT2D eigenvalue weighted by Crippen LogP contribution is 2.12. The molecule has 0 saturated carbocycles. The van der Waals surface area contributed by atoms with Crippen LogP contribution in [-0.2, 0) is 26.0 Å². The van der Waals surface area contributed by atoms with Crippen LogP contribution >= 0.6 is 0 Å². The van der Waals surface area contributed by atoms with Crippen molar-refractivity contribution < 1.29 is 17.9 Å². The highest BCUT2D eigenvalue weighted by atomic mass is 32.2. The Morgan fingerprint density at radius 1 is 1.55 bits per heavy atom. The zero-order chi connectivity index (χ0) is 16.0. The van der Waals surface area contributed by atoms with E-state index >= 15 is 0 Å². The number of ether oxygens (including phenoxy) is 1. The molecule has 0 aliphatic carbocycles. The second-order valence-electron chi connectivity index (χ2n) is 5.28. The SMILES string of the molecule is CS(=O)(=O)NCC(=O)N1CCOC[C@H](Cc2ccncn2)C1. The molecule has 1 aromatic heterocycles. The number of carbonyl (C=O) groups excluding carboxylic acids is 1. The molecule has 0 spiro atoms. The molecule has 1 saturated heterocycles. The molecule has 0 bridgehead atoms. The molecule has 9 heteroatoms. The van der Waals surface area contributed by atoms with E-state index in [-0.39, 0.29) is 18.4 Å². The lowest BCUT2D eigenvalue weighted by Crippen LogP contribution is -2.42. The third-order valence-corrected chi connectivity index (χ3v) is 3.99. The first-order valence-electron chi connectivity index (χ1n) is 6.99. The molecule has 2 rings (SSSR count). The van der Waals surface area contributed by atoms with E-state index in [4.69, 9.17) is 4.74 Å². The number of nitrogens with one attached hydrogen (secondary N) is 1. The largest absolute Gasteiger partial charge is 0.379 e. The van der Waals surface area contributed by atoms with E-state index in [1.807, 2.05) is 6.07 Å². The minimum Gasteiger partial charge on any atom is -0.379 e. The molecule has 1 fully saturated rings. The van der Waals surface area contributed by atoms with E-state index in [9.17, 15) is 13.2 Å². The number of aromatic nitrogens is 2. The molecule has 0 unspecified atom stereocenters. The minimum absolute atomic E-state index is 0.125. The van der Waals surface area contributed by atoms with Crippen molar-refractivity contribution in [2.24, 2.45) is 5.92 Å². The molecule has 1 aromatic rings. The van der Waals surface area contributed by atoms with Gasteiger partial charge in [0.25, 0.3) is 0 Å². The highest BCUT2D eigenvalue weighted by molar-refractivity contribution is 7.88. The van der Waals surface area contributed by atoms with Crippen molar-refractivity contribution in [3.05, 3.63) is 24.3 Å². The molecule has 1 aliphatic heterocycles. The first kappa shape index (κ1) is 16.8. The lowest BCUT2D eigenvalue weighted by molar-refractivity contribution is -0.130. The summed E-state index contributed by atoms with van der Waals surface area (Å²) in [5, 5.41) is 0. The third-order valence-electron chi connectivity index (χ3n) is 3.32. The van der Waals surface area contributed by atoms with E-state index < -0.39 is 10.0 Å². The lowest BCUT2D eigenvalue weighted by Gasteiger charge is -2.23. The van der Waals surface area contributed by atoms with Crippen LogP contribution in [0.25, 0.3) is 0 Å². The van der Waals surface area contributed by atoms with E-state index in [2.05, 4.69) is 14.7 Å². The summed E-state index contributed by atoms with van der Waals surface area (Å²) in [7, 11) is -3.37. The molecule has 0 aromatic carbocycles. The van der Waals surface area contributed by atoms with Crippen molar-refractivity contribution in [1.82, 2.24) is 19.6 Å². The van der Waals surface area contributed by atoms with Crippen LogP contribution in [-0.4, -0.2) is 68.3 Å². The van der Waals surface area contributed by atoms with Gasteiger partial charge >= 0.3 is 0 Å². The second-order valence-corrected chi connectivity index (χ2v) is 7.11. The Morgan fingerprint density at radius 3 is 3.05 bits per heavy atom. The number of hydrogen-bond donors (Lipinski definition) is 1. The van der Waals surface area contributed by atoms with Crippen molar-refractivity contribution in [2.45, 2.75) is 6.42 Å². The van der Waals surface area contributed by atoms with Crippen LogP contribution in [0.2, 0.25) is 0 Å². The summed E-state index contributed by atoms with van der Waals surface area (Å²) in [5.74, 6) is -0.122. The molecule has 122 valence electrons. The van der Waals surface area contributed by atoms with Gasteiger partial charge in [-0.3, -0.25) is 4.79 Å². The molecule has 2 heterocycles. The van der Waals surface area contributed by atoms with Gasteiger partial charge in [-0.2, -0.15) is 0 Å². The molecule has 0 radical (unpaired) electrons. The van der Waals surface area contributed by atoms with E-state index in [0.29, 0.717) is 32.7 Å². The van der Waals surface area contributed by atoms with Gasteiger partial charge in [-0.1, -0.05) is 0 Å². The first-order valence-corrected chi connectivity index (χ1v) is 8.88. The van der Waals surface area contributed by atoms with Crippen molar-refractivity contribution in [2.75, 3.05) is 39.1 Å². The quantitative estimate of drug-likeness (QED) is 0.747. The number of rotatable bonds is 5. The third kappa shape index (κ3) is 5.66. The lowest BCUT2D eigenvalue weighted by atomic mass is 10.0. The number of nitrogens with zero attached hydrogens (tertiary/aromatic N) is 3. The topological polar surface area (TPSA) is 101 Å². The Hall–Kier alpha value is -1.58. The van der Waals surface area contributed by atoms with Gasteiger partial charge in [-0.25, -0.2) is 23.1 Å². The predicted octanol–water partition coefficient (Wildman–Crippen LogP) is -0.957. The summed E-state index contributed by atoms with van der Waals surface area (Å²) >= 11 is 0. The summed E-state index contributed by atoms with van der Waals surface area (Å²) in [6.45, 7) is 1.76. The van der Waals surface area contributed by atoms with Crippen LogP contribution in [0.3, 0.4) is 0 Å². The normalized spacial score (nSPS) is 19.7. The second kappa shape index (κ2) is 7.61. The molecular weight excluding hydrogens is 308 g/mol. The smallest absolute Gasteiger partial charge is 0.237 e. The molecule has 8 nitrogen and oxygen atoms in total. The fourth-order valence-electron chi connectivity index (χ4n) is 2.27. The molecule has 1 aliphatic rings. The number of sulfonamides is 1. The Bertz CT molecular complexity index is 593. The zero-order valence-electron chi connectivity index (χ0n) is 12.4. The first-order chi connectivity index (χ1) is 10.4. The molecule has 1 amide bonds. The molecule has 1 atom stereocenters. The van der Waals surface area contributed by atoms with Crippen molar-refractivity contribution in [3.8, 4) is 0 Å². The summed E-state index contributed by atoms with van der Waals surface area (Å²) in [5.41, 5.74) is 0.896. The number of amides is 1. The van der Waals surface area contributed by atoms with Crippen LogP contribution in [0.15, 0.2) is 18.6 Å². The summed E-state index contributed by atoms with van der Waals surface area (Å²) in [6.07, 6.45) is 4.89. The van der Waals surface area contributed by atoms with E-state index in [1.165, 1.54) is 6.33 Å². The van der Waals surface area contributed by atoms with Crippen LogP contribution in [0.4, 0.5) is 0 Å². The van der Waals surface area contributed by atoms with Crippen LogP contribution < -0.4 is 4.72 Å². The van der Waals surface area contributed by atoms with Crippen LogP contribution in [0.5, 0.6) is 0 Å². The maximum absolute atomic E-state index is 12.1. The monoisotopic (exact) mass is 328 g/mol. The van der Waals surface area contributed by atoms with Gasteiger partial charge in [0.1, 0.15) is 6.33 Å². The summed E-state index contributed by atoms with van der Waals surface area (Å²) in [6, 6.07) is 1.84. The molecule has 22 heavy (non-hydrogen) atoms. The molecular formula is C13H20N4O4S. The Kier molecular flexibility index (Phi) is 5.81. The predicted molar refractivity (Wildman–Crippen MR) is 79.5 cm³/mol. The van der Waals surface area contributed by atoms with Crippen molar-refractivity contribution in [3.63, 3.8) is 0 Å². The Morgan fingerprint density at radius 2 is 2.36 bits per heavy atom. The Balaban J connectivity index is 1.93. The van der Waals surface area contributed by atoms with Gasteiger partial charge in [0.15, 0.2) is 0 Å². The summed E-state index contributed by atoms with van der Waals surface area (Å²) < 4.78 is 29.9. The van der Waals surface area contributed by atoms with Crippen molar-refractivity contribution >= 4 is 15.9 Å². The maximum atomic E-state index is 12.1. The van der Waals surface area contributed by atoms with E-state index in [1.54, 1.807) is 11.1 Å². The van der Waals surface area contributed by atoms with Crippen LogP contribution in [0, 0.1) is 5.92 Å². The van der Waals surface area contributed by atoms with Gasteiger partial charge in [-0.15, -0.1) is 0 Å². The summed E-state index contributed by atoms with van der Waals surface area (Å²) in [4.78, 5) is 21.8. The van der Waals surface area contributed by atoms with E-state index in [0.717, 1.165) is 11.9 Å². The number of carbonyl (C=O) groups is 1. The van der Waals surface area contributed by atoms with Crippen LogP contribution in [0.1, 0.15) is 5.69 Å². The highest BCUT2D eigenvalue weighted by Gasteiger charge is 2.23. The maximum Gasteiger partial charge on any atom is 0.237 e. The van der Waals surface area contributed by atoms with Gasteiger partial charge in [0.2, 0.25) is 15.9 Å². The average Bonchev–Trinajstić information content (AvgIpc) is 2.71. The van der Waals surface area contributed by atoms with Gasteiger partial charge in [-0.05, 0) is 12.5 Å². The Labute approximate surface area is 129 Å². The fourth-order valence-corrected chi connectivity index (χ4v) is 2.66. The van der Waals surface area contributed by atoms with Crippen molar-refractivity contribution in [1.29, 1.82) is 0 Å². The van der Waals surface area contributed by atoms with Gasteiger partial charge in [0, 0.05) is 30.9 Å². The minimum atomic E-state index is -3.37. The fraction of sp³-hybridized carbons (Fsp3) is 0.615. The molecule has 1 N–H and O–H groups in total. The number of hydrogen-bond acceptors (Lipinski definition) is 6. The zero-order valence-corrected chi connectivity index (χ0v) is 13.3. The standard InChI is InChI=1S/C13H20N4O4S/c1-22(19,20)16-7-13(18)17-4-5-21-9-11(8-17)6-12-2-3-14-10-15-12/h2-3,10-11,16H,4-9H2,1H3/t11-/m1/s1. The van der Waals surface area contributed by atoms with Gasteiger partial charge in [0.05, 0.1) is 26.0 Å². The average molecular weight is 328 g/mol.